The maximum absolute atomic E-state index is 13.1. The van der Waals surface area contributed by atoms with Crippen LogP contribution in [0.1, 0.15) is 27.9 Å². The zero-order chi connectivity index (χ0) is 27.5. The van der Waals surface area contributed by atoms with Crippen LogP contribution in [-0.2, 0) is 16.0 Å². The number of carbonyl (C=O) groups excluding carboxylic acids is 2. The van der Waals surface area contributed by atoms with E-state index in [-0.39, 0.29) is 5.78 Å². The fourth-order valence-corrected chi connectivity index (χ4v) is 4.33. The lowest BCUT2D eigenvalue weighted by molar-refractivity contribution is -0.141. The lowest BCUT2D eigenvalue weighted by Gasteiger charge is -2.20. The van der Waals surface area contributed by atoms with E-state index in [9.17, 15) is 9.59 Å². The Kier molecular flexibility index (Phi) is 9.98. The summed E-state index contributed by atoms with van der Waals surface area (Å²) in [5.41, 5.74) is 3.48. The highest BCUT2D eigenvalue weighted by Crippen LogP contribution is 2.23. The van der Waals surface area contributed by atoms with Gasteiger partial charge in [0.2, 0.25) is 0 Å². The van der Waals surface area contributed by atoms with Crippen molar-refractivity contribution in [2.45, 2.75) is 18.9 Å². The predicted molar refractivity (Wildman–Crippen MR) is 156 cm³/mol. The number of esters is 1. The average molecular weight is 543 g/mol. The van der Waals surface area contributed by atoms with Gasteiger partial charge in [0.1, 0.15) is 11.8 Å². The van der Waals surface area contributed by atoms with Gasteiger partial charge >= 0.3 is 5.97 Å². The first-order valence-corrected chi connectivity index (χ1v) is 13.2. The number of ether oxygens (including phenoxy) is 2. The van der Waals surface area contributed by atoms with Gasteiger partial charge in [-0.1, -0.05) is 78.3 Å². The van der Waals surface area contributed by atoms with Crippen molar-refractivity contribution < 1.29 is 19.1 Å². The van der Waals surface area contributed by atoms with Gasteiger partial charge in [-0.05, 0) is 48.4 Å². The highest BCUT2D eigenvalue weighted by Gasteiger charge is 2.22. The third-order valence-electron chi connectivity index (χ3n) is 6.17. The van der Waals surface area contributed by atoms with E-state index in [0.29, 0.717) is 34.9 Å². The Hall–Kier alpha value is -4.29. The van der Waals surface area contributed by atoms with Crippen molar-refractivity contribution in [3.63, 3.8) is 0 Å². The van der Waals surface area contributed by atoms with Crippen molar-refractivity contribution in [1.29, 1.82) is 0 Å². The summed E-state index contributed by atoms with van der Waals surface area (Å²) in [6.07, 6.45) is 1.19. The van der Waals surface area contributed by atoms with E-state index in [2.05, 4.69) is 10.6 Å². The molecule has 0 aliphatic carbocycles. The zero-order valence-corrected chi connectivity index (χ0v) is 22.5. The predicted octanol–water partition coefficient (Wildman–Crippen LogP) is 6.65. The number of anilines is 2. The van der Waals surface area contributed by atoms with E-state index in [1.54, 1.807) is 30.3 Å². The standard InChI is InChI=1S/C32H31ClN2O4/c1-38-32(37)30(35-28-14-7-5-12-26(28)31(36)24-10-3-2-4-11-24)22-23-16-18-25(19-17-23)39-21-9-20-34-29-15-8-6-13-27(29)33/h2-8,10-19,30,34-35H,9,20-22H2,1H3. The lowest BCUT2D eigenvalue weighted by Crippen LogP contribution is -2.33. The number of benzene rings is 4. The smallest absolute Gasteiger partial charge is 0.328 e. The Morgan fingerprint density at radius 3 is 2.21 bits per heavy atom. The molecule has 200 valence electrons. The summed E-state index contributed by atoms with van der Waals surface area (Å²) < 4.78 is 10.9. The monoisotopic (exact) mass is 542 g/mol. The van der Waals surface area contributed by atoms with Crippen LogP contribution < -0.4 is 15.4 Å². The van der Waals surface area contributed by atoms with Crippen LogP contribution in [0.4, 0.5) is 11.4 Å². The van der Waals surface area contributed by atoms with E-state index in [1.165, 1.54) is 7.11 Å². The summed E-state index contributed by atoms with van der Waals surface area (Å²) in [6, 6.07) is 30.8. The second-order valence-corrected chi connectivity index (χ2v) is 9.32. The van der Waals surface area contributed by atoms with Gasteiger partial charge in [-0.2, -0.15) is 0 Å². The minimum atomic E-state index is -0.678. The molecule has 0 saturated heterocycles. The van der Waals surface area contributed by atoms with Crippen molar-refractivity contribution >= 4 is 34.7 Å². The van der Waals surface area contributed by atoms with Crippen LogP contribution in [0.5, 0.6) is 5.75 Å². The molecular formula is C32H31ClN2O4. The normalized spacial score (nSPS) is 11.3. The van der Waals surface area contributed by atoms with Crippen LogP contribution in [0.2, 0.25) is 5.02 Å². The number of hydrogen-bond acceptors (Lipinski definition) is 6. The molecular weight excluding hydrogens is 512 g/mol. The first-order valence-electron chi connectivity index (χ1n) is 12.8. The number of nitrogens with one attached hydrogen (secondary N) is 2. The molecule has 1 atom stereocenters. The van der Waals surface area contributed by atoms with Gasteiger partial charge in [0.25, 0.3) is 0 Å². The lowest BCUT2D eigenvalue weighted by atomic mass is 10.00. The van der Waals surface area contributed by atoms with Crippen LogP contribution >= 0.6 is 11.6 Å². The van der Waals surface area contributed by atoms with Gasteiger partial charge in [0, 0.05) is 29.8 Å². The van der Waals surface area contributed by atoms with Crippen LogP contribution in [0, 0.1) is 0 Å². The van der Waals surface area contributed by atoms with E-state index in [0.717, 1.165) is 30.0 Å². The minimum absolute atomic E-state index is 0.120. The van der Waals surface area contributed by atoms with Crippen molar-refractivity contribution in [2.24, 2.45) is 0 Å². The Balaban J connectivity index is 1.34. The number of methoxy groups -OCH3 is 1. The summed E-state index contributed by atoms with van der Waals surface area (Å²) in [7, 11) is 1.36. The van der Waals surface area contributed by atoms with Crippen molar-refractivity contribution in [2.75, 3.05) is 30.9 Å². The molecule has 7 heteroatoms. The molecule has 0 spiro atoms. The molecule has 0 amide bonds. The van der Waals surface area contributed by atoms with Gasteiger partial charge in [-0.3, -0.25) is 4.79 Å². The van der Waals surface area contributed by atoms with Gasteiger partial charge in [-0.25, -0.2) is 4.79 Å². The maximum Gasteiger partial charge on any atom is 0.328 e. The molecule has 0 bridgehead atoms. The third kappa shape index (κ3) is 7.85. The van der Waals surface area contributed by atoms with E-state index < -0.39 is 12.0 Å². The summed E-state index contributed by atoms with van der Waals surface area (Å²) in [4.78, 5) is 25.8. The molecule has 0 aromatic heterocycles. The second kappa shape index (κ2) is 14.0. The summed E-state index contributed by atoms with van der Waals surface area (Å²) >= 11 is 6.16. The molecule has 4 rings (SSSR count). The zero-order valence-electron chi connectivity index (χ0n) is 21.7. The Morgan fingerprint density at radius 2 is 1.49 bits per heavy atom. The number of rotatable bonds is 13. The molecule has 0 saturated carbocycles. The first kappa shape index (κ1) is 27.7. The van der Waals surface area contributed by atoms with E-state index in [4.69, 9.17) is 21.1 Å². The largest absolute Gasteiger partial charge is 0.494 e. The molecule has 0 fully saturated rings. The highest BCUT2D eigenvalue weighted by molar-refractivity contribution is 6.33. The van der Waals surface area contributed by atoms with Crippen LogP contribution in [0.25, 0.3) is 0 Å². The fraction of sp³-hybridized carbons (Fsp3) is 0.188. The van der Waals surface area contributed by atoms with E-state index >= 15 is 0 Å². The Bertz CT molecular complexity index is 1380. The van der Waals surface area contributed by atoms with E-state index in [1.807, 2.05) is 72.8 Å². The number of carbonyl (C=O) groups is 2. The van der Waals surface area contributed by atoms with Gasteiger partial charge < -0.3 is 20.1 Å². The van der Waals surface area contributed by atoms with Crippen LogP contribution in [-0.4, -0.2) is 38.1 Å². The molecule has 1 unspecified atom stereocenters. The third-order valence-corrected chi connectivity index (χ3v) is 6.50. The number of para-hydroxylation sites is 2. The maximum atomic E-state index is 13.1. The molecule has 4 aromatic carbocycles. The summed E-state index contributed by atoms with van der Waals surface area (Å²) in [5, 5.41) is 7.23. The van der Waals surface area contributed by atoms with Crippen molar-refractivity contribution in [3.05, 3.63) is 125 Å². The molecule has 39 heavy (non-hydrogen) atoms. The summed E-state index contributed by atoms with van der Waals surface area (Å²) in [5.74, 6) is 0.215. The first-order chi connectivity index (χ1) is 19.0. The topological polar surface area (TPSA) is 76.7 Å². The molecule has 0 heterocycles. The van der Waals surface area contributed by atoms with Gasteiger partial charge in [0.15, 0.2) is 5.78 Å². The number of hydrogen-bond donors (Lipinski definition) is 2. The number of ketones is 1. The highest BCUT2D eigenvalue weighted by atomic mass is 35.5. The van der Waals surface area contributed by atoms with Crippen molar-refractivity contribution in [3.8, 4) is 5.75 Å². The Labute approximate surface area is 233 Å². The minimum Gasteiger partial charge on any atom is -0.494 e. The average Bonchev–Trinajstić information content (AvgIpc) is 2.98. The van der Waals surface area contributed by atoms with Crippen LogP contribution in [0.3, 0.4) is 0 Å². The fourth-order valence-electron chi connectivity index (χ4n) is 4.12. The quantitative estimate of drug-likeness (QED) is 0.112. The van der Waals surface area contributed by atoms with Gasteiger partial charge in [-0.15, -0.1) is 0 Å². The second-order valence-electron chi connectivity index (χ2n) is 8.92. The molecule has 4 aromatic rings. The number of halogens is 1. The van der Waals surface area contributed by atoms with Crippen molar-refractivity contribution in [1.82, 2.24) is 0 Å². The molecule has 0 aliphatic rings. The van der Waals surface area contributed by atoms with Gasteiger partial charge in [0.05, 0.1) is 24.4 Å². The molecule has 6 nitrogen and oxygen atoms in total. The van der Waals surface area contributed by atoms with Crippen LogP contribution in [0.15, 0.2) is 103 Å². The molecule has 0 radical (unpaired) electrons. The molecule has 2 N–H and O–H groups in total. The Morgan fingerprint density at radius 1 is 0.821 bits per heavy atom. The SMILES string of the molecule is COC(=O)C(Cc1ccc(OCCCNc2ccccc2Cl)cc1)Nc1ccccc1C(=O)c1ccccc1. The molecule has 0 aliphatic heterocycles. The summed E-state index contributed by atoms with van der Waals surface area (Å²) in [6.45, 7) is 1.29.